The number of hydrogen-bond donors (Lipinski definition) is 2. The number of rotatable bonds is 8. The first-order chi connectivity index (χ1) is 16.1. The van der Waals surface area contributed by atoms with Crippen molar-refractivity contribution >= 4 is 40.5 Å². The Morgan fingerprint density at radius 1 is 1.12 bits per heavy atom. The zero-order chi connectivity index (χ0) is 23.2. The van der Waals surface area contributed by atoms with Crippen LogP contribution in [-0.2, 0) is 4.79 Å². The molecule has 2 aliphatic rings. The molecule has 0 radical (unpaired) electrons. The highest BCUT2D eigenvalue weighted by Crippen LogP contribution is 2.33. The molecule has 0 spiro atoms. The lowest BCUT2D eigenvalue weighted by Crippen LogP contribution is -2.40. The van der Waals surface area contributed by atoms with E-state index in [1.54, 1.807) is 24.3 Å². The van der Waals surface area contributed by atoms with E-state index in [1.807, 2.05) is 17.9 Å². The fourth-order valence-corrected chi connectivity index (χ4v) is 4.42. The van der Waals surface area contributed by atoms with Crippen molar-refractivity contribution in [2.75, 3.05) is 42.5 Å². The van der Waals surface area contributed by atoms with Crippen molar-refractivity contribution in [3.8, 4) is 0 Å². The summed E-state index contributed by atoms with van der Waals surface area (Å²) in [5.41, 5.74) is 7.43. The molecule has 4 rings (SSSR count). The predicted molar refractivity (Wildman–Crippen MR) is 133 cm³/mol. The highest BCUT2D eigenvalue weighted by molar-refractivity contribution is 6.30. The summed E-state index contributed by atoms with van der Waals surface area (Å²) in [6.07, 6.45) is 3.34. The topological polar surface area (TPSA) is 77.0 Å². The summed E-state index contributed by atoms with van der Waals surface area (Å²) in [7, 11) is 0. The van der Waals surface area contributed by atoms with E-state index in [0.717, 1.165) is 30.1 Å². The second-order valence-electron chi connectivity index (χ2n) is 8.30. The first kappa shape index (κ1) is 23.1. The van der Waals surface area contributed by atoms with Crippen molar-refractivity contribution in [3.05, 3.63) is 58.6 Å². The molecule has 1 saturated heterocycles. The highest BCUT2D eigenvalue weighted by atomic mass is 35.5. The Kier molecular flexibility index (Phi) is 7.50. The average molecular weight is 468 g/mol. The molecule has 0 atom stereocenters. The number of anilines is 2. The molecule has 8 heteroatoms. The minimum Gasteiger partial charge on any atom is -0.372 e. The van der Waals surface area contributed by atoms with Crippen molar-refractivity contribution < 1.29 is 9.59 Å². The smallest absolute Gasteiger partial charge is 0.251 e. The van der Waals surface area contributed by atoms with Crippen LogP contribution >= 0.6 is 11.6 Å². The van der Waals surface area contributed by atoms with Gasteiger partial charge in [0.15, 0.2) is 0 Å². The molecule has 2 N–H and O–H groups in total. The Morgan fingerprint density at radius 3 is 2.61 bits per heavy atom. The van der Waals surface area contributed by atoms with E-state index in [9.17, 15) is 9.59 Å². The summed E-state index contributed by atoms with van der Waals surface area (Å²) in [5, 5.41) is 8.00. The summed E-state index contributed by atoms with van der Waals surface area (Å²) in [5.74, 6) is -0.121. The number of carbonyl (C=O) groups excluding carboxylic acids is 2. The third-order valence-corrected chi connectivity index (χ3v) is 6.25. The van der Waals surface area contributed by atoms with Crippen molar-refractivity contribution in [2.24, 2.45) is 5.10 Å². The standard InChI is InChI=1S/C25H30ClN5O2/c1-2-28-29-22-17-24(32)31(15-5-12-27-25(33)18-6-8-19(26)9-7-18)23-11-10-20(16-21(22)23)30-13-3-4-14-30/h6-11,16,28H,2-5,12-15,17H2,1H3,(H,27,33)/b29-22+. The molecule has 2 heterocycles. The number of fused-ring (bicyclic) bond motifs is 1. The van der Waals surface area contributed by atoms with Crippen LogP contribution in [0, 0.1) is 0 Å². The lowest BCUT2D eigenvalue weighted by Gasteiger charge is -2.31. The molecule has 1 fully saturated rings. The van der Waals surface area contributed by atoms with Gasteiger partial charge in [-0.3, -0.25) is 9.59 Å². The van der Waals surface area contributed by atoms with Gasteiger partial charge in [-0.25, -0.2) is 0 Å². The molecule has 0 bridgehead atoms. The quantitative estimate of drug-likeness (QED) is 0.457. The van der Waals surface area contributed by atoms with Crippen LogP contribution in [0.5, 0.6) is 0 Å². The minimum absolute atomic E-state index is 0.0251. The zero-order valence-corrected chi connectivity index (χ0v) is 19.7. The van der Waals surface area contributed by atoms with Gasteiger partial charge in [-0.15, -0.1) is 0 Å². The maximum atomic E-state index is 13.0. The number of carbonyl (C=O) groups is 2. The Hall–Kier alpha value is -3.06. The van der Waals surface area contributed by atoms with Crippen LogP contribution in [-0.4, -0.2) is 50.2 Å². The van der Waals surface area contributed by atoms with Gasteiger partial charge in [-0.1, -0.05) is 11.6 Å². The maximum Gasteiger partial charge on any atom is 0.251 e. The van der Waals surface area contributed by atoms with E-state index in [-0.39, 0.29) is 18.2 Å². The molecule has 2 aliphatic heterocycles. The number of nitrogens with one attached hydrogen (secondary N) is 2. The zero-order valence-electron chi connectivity index (χ0n) is 18.9. The molecule has 0 saturated carbocycles. The van der Waals surface area contributed by atoms with Crippen molar-refractivity contribution in [2.45, 2.75) is 32.6 Å². The van der Waals surface area contributed by atoms with Crippen LogP contribution in [0.2, 0.25) is 5.02 Å². The van der Waals surface area contributed by atoms with E-state index >= 15 is 0 Å². The number of hydrogen-bond acceptors (Lipinski definition) is 5. The lowest BCUT2D eigenvalue weighted by atomic mass is 9.97. The third-order valence-electron chi connectivity index (χ3n) is 6.00. The summed E-state index contributed by atoms with van der Waals surface area (Å²) in [4.78, 5) is 29.5. The molecule has 33 heavy (non-hydrogen) atoms. The molecule has 2 aromatic rings. The number of hydrazone groups is 1. The van der Waals surface area contributed by atoms with E-state index in [2.05, 4.69) is 32.9 Å². The number of amides is 2. The van der Waals surface area contributed by atoms with Gasteiger partial charge in [0.2, 0.25) is 5.91 Å². The first-order valence-corrected chi connectivity index (χ1v) is 12.0. The number of benzene rings is 2. The van der Waals surface area contributed by atoms with Gasteiger partial charge in [-0.05, 0) is 68.7 Å². The van der Waals surface area contributed by atoms with Gasteiger partial charge in [0, 0.05) is 54.6 Å². The molecule has 2 amide bonds. The molecule has 7 nitrogen and oxygen atoms in total. The van der Waals surface area contributed by atoms with E-state index < -0.39 is 0 Å². The molecule has 0 unspecified atom stereocenters. The van der Waals surface area contributed by atoms with Crippen LogP contribution in [0.4, 0.5) is 11.4 Å². The lowest BCUT2D eigenvalue weighted by molar-refractivity contribution is -0.117. The van der Waals surface area contributed by atoms with Crippen LogP contribution in [0.25, 0.3) is 0 Å². The van der Waals surface area contributed by atoms with Gasteiger partial charge < -0.3 is 20.5 Å². The fraction of sp³-hybridized carbons (Fsp3) is 0.400. The fourth-order valence-electron chi connectivity index (χ4n) is 4.29. The normalized spacial score (nSPS) is 16.8. The van der Waals surface area contributed by atoms with Crippen LogP contribution in [0.15, 0.2) is 47.6 Å². The van der Waals surface area contributed by atoms with Crippen molar-refractivity contribution in [1.29, 1.82) is 0 Å². The van der Waals surface area contributed by atoms with Crippen LogP contribution in [0.1, 0.15) is 48.5 Å². The highest BCUT2D eigenvalue weighted by Gasteiger charge is 2.29. The maximum absolute atomic E-state index is 13.0. The predicted octanol–water partition coefficient (Wildman–Crippen LogP) is 3.81. The monoisotopic (exact) mass is 467 g/mol. The van der Waals surface area contributed by atoms with Gasteiger partial charge >= 0.3 is 0 Å². The summed E-state index contributed by atoms with van der Waals surface area (Å²) < 4.78 is 0. The molecule has 174 valence electrons. The number of halogens is 1. The molecule has 2 aromatic carbocycles. The SMILES string of the molecule is CCN/N=C1\CC(=O)N(CCCNC(=O)c2ccc(Cl)cc2)c2ccc(N3CCCC3)cc21. The van der Waals surface area contributed by atoms with E-state index in [1.165, 1.54) is 18.5 Å². The van der Waals surface area contributed by atoms with Gasteiger partial charge in [0.1, 0.15) is 0 Å². The molecular weight excluding hydrogens is 438 g/mol. The van der Waals surface area contributed by atoms with Crippen LogP contribution < -0.4 is 20.5 Å². The Bertz CT molecular complexity index is 1030. The summed E-state index contributed by atoms with van der Waals surface area (Å²) in [6.45, 7) is 5.83. The summed E-state index contributed by atoms with van der Waals surface area (Å²) in [6, 6.07) is 13.1. The average Bonchev–Trinajstić information content (AvgIpc) is 3.36. The minimum atomic E-state index is -0.146. The van der Waals surface area contributed by atoms with Gasteiger partial charge in [0.05, 0.1) is 17.8 Å². The largest absolute Gasteiger partial charge is 0.372 e. The van der Waals surface area contributed by atoms with Crippen LogP contribution in [0.3, 0.4) is 0 Å². The second-order valence-corrected chi connectivity index (χ2v) is 8.74. The summed E-state index contributed by atoms with van der Waals surface area (Å²) >= 11 is 5.88. The van der Waals surface area contributed by atoms with Gasteiger partial charge in [0.25, 0.3) is 5.91 Å². The van der Waals surface area contributed by atoms with Crippen molar-refractivity contribution in [3.63, 3.8) is 0 Å². The molecular formula is C25H30ClN5O2. The molecule has 0 aromatic heterocycles. The Morgan fingerprint density at radius 2 is 1.88 bits per heavy atom. The first-order valence-electron chi connectivity index (χ1n) is 11.6. The second kappa shape index (κ2) is 10.7. The Balaban J connectivity index is 1.45. The third kappa shape index (κ3) is 5.47. The van der Waals surface area contributed by atoms with E-state index in [4.69, 9.17) is 11.6 Å². The Labute approximate surface area is 199 Å². The molecule has 0 aliphatic carbocycles. The van der Waals surface area contributed by atoms with Crippen molar-refractivity contribution in [1.82, 2.24) is 10.7 Å². The number of nitrogens with zero attached hydrogens (tertiary/aromatic N) is 3. The van der Waals surface area contributed by atoms with Gasteiger partial charge in [-0.2, -0.15) is 5.10 Å². The van der Waals surface area contributed by atoms with E-state index in [0.29, 0.717) is 36.6 Å².